The van der Waals surface area contributed by atoms with Crippen molar-refractivity contribution in [2.75, 3.05) is 5.73 Å². The standard InChI is InChI=1S/C11H13ClN4OS/c1-6(8-3-4-9(12)18-8)14-11(17)10-7(13)5-16(2)15-10/h3-6H,13H2,1-2H3,(H,14,17). The number of anilines is 1. The predicted molar refractivity (Wildman–Crippen MR) is 72.8 cm³/mol. The van der Waals surface area contributed by atoms with Crippen molar-refractivity contribution in [3.8, 4) is 0 Å². The van der Waals surface area contributed by atoms with Gasteiger partial charge in [-0.25, -0.2) is 0 Å². The molecule has 0 saturated carbocycles. The van der Waals surface area contributed by atoms with E-state index in [2.05, 4.69) is 10.4 Å². The van der Waals surface area contributed by atoms with E-state index in [-0.39, 0.29) is 17.6 Å². The van der Waals surface area contributed by atoms with Crippen LogP contribution in [0.2, 0.25) is 4.34 Å². The van der Waals surface area contributed by atoms with Gasteiger partial charge in [0.05, 0.1) is 16.1 Å². The summed E-state index contributed by atoms with van der Waals surface area (Å²) in [6, 6.07) is 3.57. The molecule has 2 aromatic heterocycles. The van der Waals surface area contributed by atoms with Gasteiger partial charge >= 0.3 is 0 Å². The average molecular weight is 285 g/mol. The second-order valence-electron chi connectivity index (χ2n) is 3.94. The van der Waals surface area contributed by atoms with Crippen LogP contribution in [-0.4, -0.2) is 15.7 Å². The second kappa shape index (κ2) is 4.99. The number of halogens is 1. The first kappa shape index (κ1) is 12.9. The van der Waals surface area contributed by atoms with E-state index in [1.54, 1.807) is 19.3 Å². The summed E-state index contributed by atoms with van der Waals surface area (Å²) in [7, 11) is 1.72. The highest BCUT2D eigenvalue weighted by atomic mass is 35.5. The molecular formula is C11H13ClN4OS. The van der Waals surface area contributed by atoms with Crippen LogP contribution in [0.1, 0.15) is 28.3 Å². The largest absolute Gasteiger partial charge is 0.396 e. The molecule has 1 atom stereocenters. The Morgan fingerprint density at radius 3 is 2.83 bits per heavy atom. The van der Waals surface area contributed by atoms with Crippen molar-refractivity contribution in [3.63, 3.8) is 0 Å². The zero-order valence-corrected chi connectivity index (χ0v) is 11.5. The van der Waals surface area contributed by atoms with Gasteiger partial charge in [0, 0.05) is 18.1 Å². The summed E-state index contributed by atoms with van der Waals surface area (Å²) in [6.07, 6.45) is 1.60. The number of amides is 1. The quantitative estimate of drug-likeness (QED) is 0.907. The molecule has 1 amide bonds. The van der Waals surface area contributed by atoms with E-state index in [0.717, 1.165) is 4.88 Å². The van der Waals surface area contributed by atoms with Crippen LogP contribution >= 0.6 is 22.9 Å². The number of carbonyl (C=O) groups is 1. The molecule has 0 aliphatic heterocycles. The van der Waals surface area contributed by atoms with Crippen molar-refractivity contribution < 1.29 is 4.79 Å². The van der Waals surface area contributed by atoms with E-state index in [4.69, 9.17) is 17.3 Å². The normalized spacial score (nSPS) is 12.4. The zero-order chi connectivity index (χ0) is 13.3. The molecule has 96 valence electrons. The minimum absolute atomic E-state index is 0.128. The number of aromatic nitrogens is 2. The maximum atomic E-state index is 12.0. The number of hydrogen-bond acceptors (Lipinski definition) is 4. The third kappa shape index (κ3) is 2.65. The van der Waals surface area contributed by atoms with Gasteiger partial charge in [0.25, 0.3) is 5.91 Å². The number of aryl methyl sites for hydroxylation is 1. The Labute approximate surface area is 114 Å². The molecule has 7 heteroatoms. The summed E-state index contributed by atoms with van der Waals surface area (Å²) in [6.45, 7) is 1.89. The van der Waals surface area contributed by atoms with Crippen LogP contribution in [-0.2, 0) is 7.05 Å². The Morgan fingerprint density at radius 1 is 1.61 bits per heavy atom. The summed E-state index contributed by atoms with van der Waals surface area (Å²) < 4.78 is 2.21. The van der Waals surface area contributed by atoms with Crippen molar-refractivity contribution in [1.29, 1.82) is 0 Å². The predicted octanol–water partition coefficient (Wildman–Crippen LogP) is 2.21. The van der Waals surface area contributed by atoms with Crippen LogP contribution in [0, 0.1) is 0 Å². The third-order valence-corrected chi connectivity index (χ3v) is 3.85. The number of rotatable bonds is 3. The maximum absolute atomic E-state index is 12.0. The number of thiophene rings is 1. The van der Waals surface area contributed by atoms with Crippen LogP contribution in [0.25, 0.3) is 0 Å². The molecule has 0 radical (unpaired) electrons. The van der Waals surface area contributed by atoms with Crippen LogP contribution < -0.4 is 11.1 Å². The number of nitrogen functional groups attached to an aromatic ring is 1. The van der Waals surface area contributed by atoms with Crippen LogP contribution in [0.15, 0.2) is 18.3 Å². The van der Waals surface area contributed by atoms with Gasteiger partial charge in [0.2, 0.25) is 0 Å². The fraction of sp³-hybridized carbons (Fsp3) is 0.273. The maximum Gasteiger partial charge on any atom is 0.274 e. The fourth-order valence-corrected chi connectivity index (χ4v) is 2.64. The van der Waals surface area contributed by atoms with Crippen molar-refractivity contribution >= 4 is 34.5 Å². The summed E-state index contributed by atoms with van der Waals surface area (Å²) >= 11 is 7.29. The lowest BCUT2D eigenvalue weighted by molar-refractivity contribution is 0.0935. The fourth-order valence-electron chi connectivity index (χ4n) is 1.58. The van der Waals surface area contributed by atoms with E-state index < -0.39 is 0 Å². The smallest absolute Gasteiger partial charge is 0.274 e. The molecule has 0 aliphatic rings. The SMILES string of the molecule is CC(NC(=O)c1nn(C)cc1N)c1ccc(Cl)s1. The summed E-state index contributed by atoms with van der Waals surface area (Å²) in [4.78, 5) is 13.0. The molecule has 0 aliphatic carbocycles. The summed E-state index contributed by atoms with van der Waals surface area (Å²) in [5, 5.41) is 6.86. The Kier molecular flexibility index (Phi) is 3.58. The Balaban J connectivity index is 2.10. The van der Waals surface area contributed by atoms with E-state index in [9.17, 15) is 4.79 Å². The molecule has 2 rings (SSSR count). The molecule has 0 bridgehead atoms. The Hall–Kier alpha value is -1.53. The number of nitrogens with zero attached hydrogens (tertiary/aromatic N) is 2. The van der Waals surface area contributed by atoms with Gasteiger partial charge in [-0.2, -0.15) is 5.10 Å². The van der Waals surface area contributed by atoms with Crippen LogP contribution in [0.3, 0.4) is 0 Å². The van der Waals surface area contributed by atoms with Crippen molar-refractivity contribution in [1.82, 2.24) is 15.1 Å². The molecule has 2 heterocycles. The van der Waals surface area contributed by atoms with Gasteiger partial charge in [-0.3, -0.25) is 9.48 Å². The molecule has 3 N–H and O–H groups in total. The van der Waals surface area contributed by atoms with Gasteiger partial charge in [0.1, 0.15) is 0 Å². The van der Waals surface area contributed by atoms with Gasteiger partial charge in [-0.15, -0.1) is 11.3 Å². The topological polar surface area (TPSA) is 72.9 Å². The van der Waals surface area contributed by atoms with E-state index in [0.29, 0.717) is 10.0 Å². The van der Waals surface area contributed by atoms with Gasteiger partial charge in [0.15, 0.2) is 5.69 Å². The molecule has 0 fully saturated rings. The first-order chi connectivity index (χ1) is 8.47. The highest BCUT2D eigenvalue weighted by Gasteiger charge is 2.17. The molecule has 18 heavy (non-hydrogen) atoms. The van der Waals surface area contributed by atoms with E-state index in [1.807, 2.05) is 13.0 Å². The minimum Gasteiger partial charge on any atom is -0.396 e. The first-order valence-corrected chi connectivity index (χ1v) is 6.52. The molecule has 5 nitrogen and oxygen atoms in total. The lowest BCUT2D eigenvalue weighted by Gasteiger charge is -2.11. The Morgan fingerprint density at radius 2 is 2.33 bits per heavy atom. The monoisotopic (exact) mass is 284 g/mol. The first-order valence-electron chi connectivity index (χ1n) is 5.32. The van der Waals surface area contributed by atoms with E-state index >= 15 is 0 Å². The van der Waals surface area contributed by atoms with Gasteiger partial charge < -0.3 is 11.1 Å². The van der Waals surface area contributed by atoms with Crippen molar-refractivity contribution in [2.24, 2.45) is 7.05 Å². The summed E-state index contributed by atoms with van der Waals surface area (Å²) in [5.74, 6) is -0.287. The highest BCUT2D eigenvalue weighted by Crippen LogP contribution is 2.26. The van der Waals surface area contributed by atoms with Crippen molar-refractivity contribution in [2.45, 2.75) is 13.0 Å². The third-order valence-electron chi connectivity index (χ3n) is 2.44. The van der Waals surface area contributed by atoms with Crippen molar-refractivity contribution in [3.05, 3.63) is 33.2 Å². The van der Waals surface area contributed by atoms with E-state index in [1.165, 1.54) is 16.0 Å². The zero-order valence-electron chi connectivity index (χ0n) is 9.98. The molecule has 1 unspecified atom stereocenters. The average Bonchev–Trinajstić information content (AvgIpc) is 2.84. The van der Waals surface area contributed by atoms with Gasteiger partial charge in [-0.1, -0.05) is 11.6 Å². The highest BCUT2D eigenvalue weighted by molar-refractivity contribution is 7.16. The molecule has 0 spiro atoms. The van der Waals surface area contributed by atoms with Crippen LogP contribution in [0.4, 0.5) is 5.69 Å². The molecule has 0 aromatic carbocycles. The minimum atomic E-state index is -0.287. The molecule has 2 aromatic rings. The number of hydrogen-bond donors (Lipinski definition) is 2. The number of nitrogens with one attached hydrogen (secondary N) is 1. The second-order valence-corrected chi connectivity index (χ2v) is 5.69. The lowest BCUT2D eigenvalue weighted by atomic mass is 10.2. The Bertz CT molecular complexity index is 577. The lowest BCUT2D eigenvalue weighted by Crippen LogP contribution is -2.27. The number of carbonyl (C=O) groups excluding carboxylic acids is 1. The summed E-state index contributed by atoms with van der Waals surface area (Å²) in [5.41, 5.74) is 6.31. The molecule has 0 saturated heterocycles. The number of nitrogens with two attached hydrogens (primary N) is 1. The molecular weight excluding hydrogens is 272 g/mol. The van der Waals surface area contributed by atoms with Gasteiger partial charge in [-0.05, 0) is 19.1 Å². The van der Waals surface area contributed by atoms with Crippen LogP contribution in [0.5, 0.6) is 0 Å².